The first-order valence-electron chi connectivity index (χ1n) is 5.83. The molecule has 2 N–H and O–H groups in total. The number of aromatic nitrogens is 1. The Bertz CT molecular complexity index is 489. The van der Waals surface area contributed by atoms with E-state index in [1.54, 1.807) is 0 Å². The summed E-state index contributed by atoms with van der Waals surface area (Å²) in [5.41, 5.74) is 2.43. The molecular formula is C13H17N3. The number of hydrogen-bond acceptors (Lipinski definition) is 2. The predicted molar refractivity (Wildman–Crippen MR) is 67.8 cm³/mol. The van der Waals surface area contributed by atoms with Gasteiger partial charge in [0, 0.05) is 35.4 Å². The third-order valence-electron chi connectivity index (χ3n) is 3.32. The summed E-state index contributed by atoms with van der Waals surface area (Å²) in [6.45, 7) is 2.34. The lowest BCUT2D eigenvalue weighted by molar-refractivity contribution is 0.414. The van der Waals surface area contributed by atoms with Gasteiger partial charge in [0.15, 0.2) is 0 Å². The molecule has 3 heteroatoms. The van der Waals surface area contributed by atoms with Gasteiger partial charge in [-0.15, -0.1) is 0 Å². The Kier molecular flexibility index (Phi) is 2.33. The topological polar surface area (TPSA) is 31.1 Å². The SMILES string of the molecule is CN1CCC(Nc2ccc3[nH]ccc3c2)C1. The van der Waals surface area contributed by atoms with Gasteiger partial charge in [0.05, 0.1) is 0 Å². The highest BCUT2D eigenvalue weighted by Gasteiger charge is 2.18. The Balaban J connectivity index is 1.78. The van der Waals surface area contributed by atoms with E-state index < -0.39 is 0 Å². The minimum absolute atomic E-state index is 0.599. The third kappa shape index (κ3) is 1.78. The van der Waals surface area contributed by atoms with Crippen LogP contribution in [-0.2, 0) is 0 Å². The molecule has 1 aromatic carbocycles. The molecule has 16 heavy (non-hydrogen) atoms. The van der Waals surface area contributed by atoms with E-state index in [0.717, 1.165) is 6.54 Å². The normalized spacial score (nSPS) is 21.7. The summed E-state index contributed by atoms with van der Waals surface area (Å²) in [5, 5.41) is 4.87. The van der Waals surface area contributed by atoms with Crippen molar-refractivity contribution in [3.05, 3.63) is 30.5 Å². The molecule has 1 aliphatic heterocycles. The number of anilines is 1. The number of hydrogen-bond donors (Lipinski definition) is 2. The van der Waals surface area contributed by atoms with E-state index >= 15 is 0 Å². The van der Waals surface area contributed by atoms with Gasteiger partial charge in [-0.3, -0.25) is 0 Å². The first kappa shape index (κ1) is 9.73. The molecule has 0 aliphatic carbocycles. The number of nitrogens with zero attached hydrogens (tertiary/aromatic N) is 1. The average molecular weight is 215 g/mol. The lowest BCUT2D eigenvalue weighted by atomic mass is 10.2. The summed E-state index contributed by atoms with van der Waals surface area (Å²) < 4.78 is 0. The minimum atomic E-state index is 0.599. The van der Waals surface area contributed by atoms with Gasteiger partial charge in [0.25, 0.3) is 0 Å². The molecule has 0 saturated carbocycles. The molecule has 1 fully saturated rings. The number of H-pyrrole nitrogens is 1. The Hall–Kier alpha value is -1.48. The fourth-order valence-electron chi connectivity index (χ4n) is 2.43. The van der Waals surface area contributed by atoms with Gasteiger partial charge in [0.1, 0.15) is 0 Å². The second kappa shape index (κ2) is 3.83. The number of fused-ring (bicyclic) bond motifs is 1. The number of benzene rings is 1. The molecule has 2 heterocycles. The van der Waals surface area contributed by atoms with Crippen molar-refractivity contribution in [1.82, 2.24) is 9.88 Å². The third-order valence-corrected chi connectivity index (χ3v) is 3.32. The van der Waals surface area contributed by atoms with Crippen LogP contribution >= 0.6 is 0 Å². The highest BCUT2D eigenvalue weighted by Crippen LogP contribution is 2.20. The predicted octanol–water partition coefficient (Wildman–Crippen LogP) is 2.28. The fourth-order valence-corrected chi connectivity index (χ4v) is 2.43. The van der Waals surface area contributed by atoms with Crippen LogP contribution in [0.3, 0.4) is 0 Å². The number of likely N-dealkylation sites (tertiary alicyclic amines) is 1. The molecule has 1 unspecified atom stereocenters. The maximum atomic E-state index is 3.60. The van der Waals surface area contributed by atoms with Crippen molar-refractivity contribution >= 4 is 16.6 Å². The summed E-state index contributed by atoms with van der Waals surface area (Å²) in [5.74, 6) is 0. The van der Waals surface area contributed by atoms with E-state index in [2.05, 4.69) is 46.5 Å². The van der Waals surface area contributed by atoms with Crippen LogP contribution in [0.4, 0.5) is 5.69 Å². The van der Waals surface area contributed by atoms with Crippen LogP contribution in [0.15, 0.2) is 30.5 Å². The highest BCUT2D eigenvalue weighted by atomic mass is 15.2. The van der Waals surface area contributed by atoms with Crippen LogP contribution in [0.5, 0.6) is 0 Å². The average Bonchev–Trinajstić information content (AvgIpc) is 2.87. The fraction of sp³-hybridized carbons (Fsp3) is 0.385. The van der Waals surface area contributed by atoms with Gasteiger partial charge in [-0.25, -0.2) is 0 Å². The summed E-state index contributed by atoms with van der Waals surface area (Å²) >= 11 is 0. The monoisotopic (exact) mass is 215 g/mol. The maximum Gasteiger partial charge on any atom is 0.0455 e. The number of likely N-dealkylation sites (N-methyl/N-ethyl adjacent to an activating group) is 1. The molecule has 3 nitrogen and oxygen atoms in total. The Morgan fingerprint density at radius 1 is 1.38 bits per heavy atom. The minimum Gasteiger partial charge on any atom is -0.381 e. The lowest BCUT2D eigenvalue weighted by Crippen LogP contribution is -2.23. The molecule has 1 atom stereocenters. The van der Waals surface area contributed by atoms with E-state index in [9.17, 15) is 0 Å². The Labute approximate surface area is 95.5 Å². The number of rotatable bonds is 2. The largest absolute Gasteiger partial charge is 0.381 e. The van der Waals surface area contributed by atoms with Crippen LogP contribution < -0.4 is 5.32 Å². The van der Waals surface area contributed by atoms with Gasteiger partial charge >= 0.3 is 0 Å². The summed E-state index contributed by atoms with van der Waals surface area (Å²) in [4.78, 5) is 5.58. The van der Waals surface area contributed by atoms with Crippen molar-refractivity contribution in [2.75, 3.05) is 25.5 Å². The van der Waals surface area contributed by atoms with E-state index in [1.165, 1.54) is 29.6 Å². The molecule has 0 amide bonds. The van der Waals surface area contributed by atoms with E-state index in [4.69, 9.17) is 0 Å². The quantitative estimate of drug-likeness (QED) is 0.805. The zero-order valence-corrected chi connectivity index (χ0v) is 9.53. The molecule has 0 spiro atoms. The Morgan fingerprint density at radius 2 is 2.31 bits per heavy atom. The van der Waals surface area contributed by atoms with Crippen LogP contribution in [0.2, 0.25) is 0 Å². The van der Waals surface area contributed by atoms with Gasteiger partial charge < -0.3 is 15.2 Å². The van der Waals surface area contributed by atoms with E-state index in [0.29, 0.717) is 6.04 Å². The smallest absolute Gasteiger partial charge is 0.0455 e. The molecule has 1 aliphatic rings. The molecule has 1 aromatic heterocycles. The summed E-state index contributed by atoms with van der Waals surface area (Å²) in [6.07, 6.45) is 3.22. The van der Waals surface area contributed by atoms with Crippen molar-refractivity contribution in [2.45, 2.75) is 12.5 Å². The zero-order chi connectivity index (χ0) is 11.0. The number of nitrogens with one attached hydrogen (secondary N) is 2. The first-order valence-corrected chi connectivity index (χ1v) is 5.83. The molecular weight excluding hydrogens is 198 g/mol. The van der Waals surface area contributed by atoms with Gasteiger partial charge in [0.2, 0.25) is 0 Å². The van der Waals surface area contributed by atoms with E-state index in [-0.39, 0.29) is 0 Å². The van der Waals surface area contributed by atoms with Crippen LogP contribution in [0.25, 0.3) is 10.9 Å². The highest BCUT2D eigenvalue weighted by molar-refractivity contribution is 5.83. The van der Waals surface area contributed by atoms with Crippen LogP contribution in [-0.4, -0.2) is 36.1 Å². The van der Waals surface area contributed by atoms with Gasteiger partial charge in [-0.1, -0.05) is 0 Å². The van der Waals surface area contributed by atoms with Crippen molar-refractivity contribution < 1.29 is 0 Å². The second-order valence-electron chi connectivity index (χ2n) is 4.67. The molecule has 1 saturated heterocycles. The second-order valence-corrected chi connectivity index (χ2v) is 4.67. The summed E-state index contributed by atoms with van der Waals surface area (Å²) in [7, 11) is 2.18. The maximum absolute atomic E-state index is 3.60. The van der Waals surface area contributed by atoms with Crippen LogP contribution in [0.1, 0.15) is 6.42 Å². The molecule has 2 aromatic rings. The Morgan fingerprint density at radius 3 is 3.12 bits per heavy atom. The molecule has 3 rings (SSSR count). The number of aromatic amines is 1. The van der Waals surface area contributed by atoms with Crippen molar-refractivity contribution in [3.63, 3.8) is 0 Å². The van der Waals surface area contributed by atoms with Crippen molar-refractivity contribution in [2.24, 2.45) is 0 Å². The molecule has 84 valence electrons. The van der Waals surface area contributed by atoms with Crippen molar-refractivity contribution in [1.29, 1.82) is 0 Å². The summed E-state index contributed by atoms with van der Waals surface area (Å²) in [6, 6.07) is 9.21. The van der Waals surface area contributed by atoms with Gasteiger partial charge in [-0.2, -0.15) is 0 Å². The standard InChI is InChI=1S/C13H17N3/c1-16-7-5-12(9-16)15-11-2-3-13-10(8-11)4-6-14-13/h2-4,6,8,12,14-15H,5,7,9H2,1H3. The first-order chi connectivity index (χ1) is 7.81. The zero-order valence-electron chi connectivity index (χ0n) is 9.53. The van der Waals surface area contributed by atoms with Crippen molar-refractivity contribution in [3.8, 4) is 0 Å². The van der Waals surface area contributed by atoms with Crippen LogP contribution in [0, 0.1) is 0 Å². The molecule has 0 radical (unpaired) electrons. The van der Waals surface area contributed by atoms with Gasteiger partial charge in [-0.05, 0) is 44.3 Å². The molecule has 0 bridgehead atoms. The van der Waals surface area contributed by atoms with E-state index in [1.807, 2.05) is 6.20 Å². The lowest BCUT2D eigenvalue weighted by Gasteiger charge is -2.14.